The highest BCUT2D eigenvalue weighted by atomic mass is 16.4. The van der Waals surface area contributed by atoms with Crippen LogP contribution in [0.1, 0.15) is 26.2 Å². The second-order valence-corrected chi connectivity index (χ2v) is 3.62. The molecule has 1 heterocycles. The third-order valence-corrected chi connectivity index (χ3v) is 2.49. The minimum absolute atomic E-state index is 0.722. The number of hydrogen-bond acceptors (Lipinski definition) is 3. The lowest BCUT2D eigenvalue weighted by molar-refractivity contribution is -0.147. The van der Waals surface area contributed by atoms with Gasteiger partial charge in [-0.25, -0.2) is 0 Å². The summed E-state index contributed by atoms with van der Waals surface area (Å²) in [5.41, 5.74) is 0. The first-order valence-corrected chi connectivity index (χ1v) is 4.78. The van der Waals surface area contributed by atoms with Crippen LogP contribution in [0.4, 0.5) is 0 Å². The molecule has 0 aromatic heterocycles. The van der Waals surface area contributed by atoms with Gasteiger partial charge in [0.05, 0.1) is 6.10 Å². The molecule has 76 valence electrons. The zero-order valence-electron chi connectivity index (χ0n) is 7.94. The van der Waals surface area contributed by atoms with E-state index in [1.165, 1.54) is 13.3 Å². The molecular formula is C9H17NO3. The Balaban J connectivity index is 2.57. The molecule has 0 aliphatic carbocycles. The number of aliphatic carboxylic acids is 1. The van der Waals surface area contributed by atoms with E-state index >= 15 is 0 Å². The highest BCUT2D eigenvalue weighted by Crippen LogP contribution is 2.14. The van der Waals surface area contributed by atoms with Gasteiger partial charge in [-0.05, 0) is 32.9 Å². The van der Waals surface area contributed by atoms with Gasteiger partial charge in [-0.15, -0.1) is 0 Å². The molecule has 1 aliphatic heterocycles. The Hall–Kier alpha value is -0.610. The van der Waals surface area contributed by atoms with Crippen LogP contribution >= 0.6 is 0 Å². The van der Waals surface area contributed by atoms with Crippen LogP contribution in [0.15, 0.2) is 0 Å². The summed E-state index contributed by atoms with van der Waals surface area (Å²) in [6.45, 7) is 3.12. The summed E-state index contributed by atoms with van der Waals surface area (Å²) in [7, 11) is 0. The summed E-state index contributed by atoms with van der Waals surface area (Å²) in [6.07, 6.45) is 2.45. The molecule has 0 spiro atoms. The molecule has 0 bridgehead atoms. The van der Waals surface area contributed by atoms with E-state index in [9.17, 15) is 9.90 Å². The van der Waals surface area contributed by atoms with Crippen LogP contribution in [0, 0.1) is 0 Å². The maximum Gasteiger partial charge on any atom is 0.323 e. The second-order valence-electron chi connectivity index (χ2n) is 3.62. The average Bonchev–Trinajstić information content (AvgIpc) is 2.04. The Morgan fingerprint density at radius 2 is 1.85 bits per heavy atom. The van der Waals surface area contributed by atoms with Crippen LogP contribution in [0.3, 0.4) is 0 Å². The van der Waals surface area contributed by atoms with E-state index in [-0.39, 0.29) is 0 Å². The Labute approximate surface area is 78.2 Å². The standard InChI is InChI=1S/C9H17NO3/c1-7(11)8(9(12)13)10-5-3-2-4-6-10/h7-8,11H,2-6H2,1H3,(H,12,13)/t7-,8+/m0/s1. The van der Waals surface area contributed by atoms with Gasteiger partial charge in [-0.3, -0.25) is 9.69 Å². The van der Waals surface area contributed by atoms with Crippen molar-refractivity contribution in [3.8, 4) is 0 Å². The van der Waals surface area contributed by atoms with Gasteiger partial charge in [0, 0.05) is 0 Å². The largest absolute Gasteiger partial charge is 0.480 e. The monoisotopic (exact) mass is 187 g/mol. The summed E-state index contributed by atoms with van der Waals surface area (Å²) >= 11 is 0. The number of nitrogens with zero attached hydrogens (tertiary/aromatic N) is 1. The first-order chi connectivity index (χ1) is 6.13. The van der Waals surface area contributed by atoms with Crippen molar-refractivity contribution in [3.63, 3.8) is 0 Å². The molecule has 0 amide bonds. The van der Waals surface area contributed by atoms with E-state index in [1.807, 2.05) is 4.90 Å². The Bertz CT molecular complexity index is 176. The minimum Gasteiger partial charge on any atom is -0.480 e. The summed E-state index contributed by atoms with van der Waals surface area (Å²) in [4.78, 5) is 12.7. The highest BCUT2D eigenvalue weighted by Gasteiger charge is 2.30. The molecule has 2 N–H and O–H groups in total. The Kier molecular flexibility index (Phi) is 3.69. The van der Waals surface area contributed by atoms with Crippen molar-refractivity contribution in [3.05, 3.63) is 0 Å². The molecule has 1 aliphatic rings. The molecule has 1 saturated heterocycles. The molecule has 1 fully saturated rings. The van der Waals surface area contributed by atoms with Crippen LogP contribution < -0.4 is 0 Å². The number of hydrogen-bond donors (Lipinski definition) is 2. The van der Waals surface area contributed by atoms with Crippen LogP contribution in [0.5, 0.6) is 0 Å². The Morgan fingerprint density at radius 3 is 2.23 bits per heavy atom. The SMILES string of the molecule is C[C@H](O)[C@H](C(=O)O)N1CCCCC1. The van der Waals surface area contributed by atoms with Crippen molar-refractivity contribution in [2.75, 3.05) is 13.1 Å². The number of rotatable bonds is 3. The summed E-state index contributed by atoms with van der Waals surface area (Å²) in [6, 6.07) is -0.722. The number of carboxylic acids is 1. The van der Waals surface area contributed by atoms with E-state index in [4.69, 9.17) is 5.11 Å². The number of aliphatic hydroxyl groups excluding tert-OH is 1. The Morgan fingerprint density at radius 1 is 1.31 bits per heavy atom. The molecule has 0 unspecified atom stereocenters. The van der Waals surface area contributed by atoms with Crippen molar-refractivity contribution in [1.29, 1.82) is 0 Å². The van der Waals surface area contributed by atoms with Gasteiger partial charge in [-0.2, -0.15) is 0 Å². The van der Waals surface area contributed by atoms with E-state index in [2.05, 4.69) is 0 Å². The lowest BCUT2D eigenvalue weighted by atomic mass is 10.1. The fraction of sp³-hybridized carbons (Fsp3) is 0.889. The van der Waals surface area contributed by atoms with Crippen LogP contribution in [-0.2, 0) is 4.79 Å². The van der Waals surface area contributed by atoms with Crippen molar-refractivity contribution >= 4 is 5.97 Å². The maximum absolute atomic E-state index is 10.8. The first-order valence-electron chi connectivity index (χ1n) is 4.78. The van der Waals surface area contributed by atoms with E-state index in [0.717, 1.165) is 25.9 Å². The fourth-order valence-corrected chi connectivity index (χ4v) is 1.86. The molecule has 2 atom stereocenters. The smallest absolute Gasteiger partial charge is 0.323 e. The fourth-order valence-electron chi connectivity index (χ4n) is 1.86. The normalized spacial score (nSPS) is 23.8. The third kappa shape index (κ3) is 2.67. The van der Waals surface area contributed by atoms with Gasteiger partial charge in [0.15, 0.2) is 0 Å². The van der Waals surface area contributed by atoms with Crippen molar-refractivity contribution in [1.82, 2.24) is 4.90 Å². The molecule has 4 heteroatoms. The molecular weight excluding hydrogens is 170 g/mol. The average molecular weight is 187 g/mol. The van der Waals surface area contributed by atoms with E-state index in [1.54, 1.807) is 0 Å². The van der Waals surface area contributed by atoms with Gasteiger partial charge in [-0.1, -0.05) is 6.42 Å². The van der Waals surface area contributed by atoms with Gasteiger partial charge >= 0.3 is 5.97 Å². The molecule has 0 aromatic carbocycles. The number of likely N-dealkylation sites (tertiary alicyclic amines) is 1. The zero-order valence-corrected chi connectivity index (χ0v) is 7.94. The molecule has 1 rings (SSSR count). The van der Waals surface area contributed by atoms with Crippen molar-refractivity contribution in [2.24, 2.45) is 0 Å². The van der Waals surface area contributed by atoms with E-state index < -0.39 is 18.1 Å². The van der Waals surface area contributed by atoms with Gasteiger partial charge in [0.1, 0.15) is 6.04 Å². The maximum atomic E-state index is 10.8. The topological polar surface area (TPSA) is 60.8 Å². The van der Waals surface area contributed by atoms with Crippen molar-refractivity contribution < 1.29 is 15.0 Å². The lowest BCUT2D eigenvalue weighted by Crippen LogP contribution is -2.49. The first kappa shape index (κ1) is 10.5. The molecule has 0 aromatic rings. The lowest BCUT2D eigenvalue weighted by Gasteiger charge is -2.33. The highest BCUT2D eigenvalue weighted by molar-refractivity contribution is 5.74. The van der Waals surface area contributed by atoms with Crippen LogP contribution in [0.25, 0.3) is 0 Å². The molecule has 13 heavy (non-hydrogen) atoms. The van der Waals surface area contributed by atoms with Crippen LogP contribution in [-0.4, -0.2) is 46.3 Å². The third-order valence-electron chi connectivity index (χ3n) is 2.49. The van der Waals surface area contributed by atoms with Gasteiger partial charge in [0.2, 0.25) is 0 Å². The number of aliphatic hydroxyl groups is 1. The zero-order chi connectivity index (χ0) is 9.84. The molecule has 0 radical (unpaired) electrons. The predicted molar refractivity (Wildman–Crippen MR) is 48.5 cm³/mol. The van der Waals surface area contributed by atoms with Gasteiger partial charge < -0.3 is 10.2 Å². The summed E-state index contributed by atoms with van der Waals surface area (Å²) in [5.74, 6) is -0.920. The number of carbonyl (C=O) groups is 1. The number of carboxylic acid groups (broad SMARTS) is 1. The summed E-state index contributed by atoms with van der Waals surface area (Å²) < 4.78 is 0. The summed E-state index contributed by atoms with van der Waals surface area (Å²) in [5, 5.41) is 18.2. The molecule has 4 nitrogen and oxygen atoms in total. The quantitative estimate of drug-likeness (QED) is 0.667. The molecule has 0 saturated carbocycles. The van der Waals surface area contributed by atoms with Gasteiger partial charge in [0.25, 0.3) is 0 Å². The van der Waals surface area contributed by atoms with Crippen LogP contribution in [0.2, 0.25) is 0 Å². The van der Waals surface area contributed by atoms with Crippen molar-refractivity contribution in [2.45, 2.75) is 38.3 Å². The number of piperidine rings is 1. The van der Waals surface area contributed by atoms with E-state index in [0.29, 0.717) is 0 Å². The predicted octanol–water partition coefficient (Wildman–Crippen LogP) is 0.306. The second kappa shape index (κ2) is 4.58. The minimum atomic E-state index is -0.920.